The molecule has 1 heterocycles. The fraction of sp³-hybridized carbons (Fsp3) is 0.176. The number of hydrogen-bond donors (Lipinski definition) is 2. The van der Waals surface area contributed by atoms with Crippen molar-refractivity contribution >= 4 is 54.0 Å². The van der Waals surface area contributed by atoms with E-state index in [-0.39, 0.29) is 17.1 Å². The van der Waals surface area contributed by atoms with Crippen molar-refractivity contribution in [1.82, 2.24) is 10.4 Å². The minimum atomic E-state index is -3.54. The van der Waals surface area contributed by atoms with E-state index in [2.05, 4.69) is 15.8 Å². The number of para-hydroxylation sites is 1. The SMILES string of the molecule is Cc1cccc2sc(NNC(=O)CCS(=O)(=O)c3ccc(Cl)cc3)nc12. The number of aryl methyl sites for hydroxylation is 1. The van der Waals surface area contributed by atoms with Crippen LogP contribution in [0.15, 0.2) is 47.4 Å². The number of carbonyl (C=O) groups is 1. The Kier molecular flexibility index (Phi) is 5.45. The van der Waals surface area contributed by atoms with Crippen molar-refractivity contribution in [3.63, 3.8) is 0 Å². The molecule has 2 N–H and O–H groups in total. The lowest BCUT2D eigenvalue weighted by Gasteiger charge is -2.06. The molecule has 0 aliphatic heterocycles. The smallest absolute Gasteiger partial charge is 0.239 e. The van der Waals surface area contributed by atoms with Crippen molar-refractivity contribution in [3.8, 4) is 0 Å². The van der Waals surface area contributed by atoms with E-state index in [4.69, 9.17) is 11.6 Å². The fourth-order valence-electron chi connectivity index (χ4n) is 2.31. The molecule has 0 atom stereocenters. The maximum atomic E-state index is 12.2. The van der Waals surface area contributed by atoms with E-state index in [0.717, 1.165) is 15.8 Å². The summed E-state index contributed by atoms with van der Waals surface area (Å²) in [6, 6.07) is 11.7. The molecule has 3 aromatic rings. The van der Waals surface area contributed by atoms with Gasteiger partial charge in [0.05, 0.1) is 20.9 Å². The molecule has 3 rings (SSSR count). The highest BCUT2D eigenvalue weighted by Crippen LogP contribution is 2.27. The molecule has 1 amide bonds. The van der Waals surface area contributed by atoms with Crippen molar-refractivity contribution < 1.29 is 13.2 Å². The Bertz CT molecular complexity index is 1050. The summed E-state index contributed by atoms with van der Waals surface area (Å²) in [5.74, 6) is -0.723. The first-order chi connectivity index (χ1) is 12.3. The first-order valence-corrected chi connectivity index (χ1v) is 10.6. The van der Waals surface area contributed by atoms with Gasteiger partial charge in [-0.25, -0.2) is 13.4 Å². The number of hydrazine groups is 1. The van der Waals surface area contributed by atoms with E-state index in [1.165, 1.54) is 35.6 Å². The number of benzene rings is 2. The Morgan fingerprint density at radius 1 is 1.19 bits per heavy atom. The number of thiazole rings is 1. The number of fused-ring (bicyclic) bond motifs is 1. The molecule has 0 aliphatic carbocycles. The summed E-state index contributed by atoms with van der Waals surface area (Å²) in [6.07, 6.45) is -0.165. The van der Waals surface area contributed by atoms with E-state index in [0.29, 0.717) is 10.2 Å². The molecule has 26 heavy (non-hydrogen) atoms. The highest BCUT2D eigenvalue weighted by atomic mass is 35.5. The number of aromatic nitrogens is 1. The second-order valence-electron chi connectivity index (χ2n) is 5.64. The number of rotatable bonds is 6. The van der Waals surface area contributed by atoms with E-state index in [1.807, 2.05) is 25.1 Å². The van der Waals surface area contributed by atoms with E-state index < -0.39 is 15.7 Å². The van der Waals surface area contributed by atoms with E-state index >= 15 is 0 Å². The van der Waals surface area contributed by atoms with Crippen molar-refractivity contribution in [3.05, 3.63) is 53.1 Å². The Labute approximate surface area is 160 Å². The zero-order chi connectivity index (χ0) is 18.7. The largest absolute Gasteiger partial charge is 0.273 e. The number of sulfone groups is 1. The van der Waals surface area contributed by atoms with E-state index in [1.54, 1.807) is 0 Å². The zero-order valence-electron chi connectivity index (χ0n) is 13.8. The average molecular weight is 410 g/mol. The van der Waals surface area contributed by atoms with Crippen LogP contribution in [0.2, 0.25) is 5.02 Å². The van der Waals surface area contributed by atoms with Crippen LogP contribution in [0.4, 0.5) is 5.13 Å². The third-order valence-corrected chi connectivity index (χ3v) is 6.62. The molecule has 0 fully saturated rings. The van der Waals surface area contributed by atoms with Crippen molar-refractivity contribution in [2.45, 2.75) is 18.2 Å². The van der Waals surface area contributed by atoms with Gasteiger partial charge in [0.1, 0.15) is 0 Å². The van der Waals surface area contributed by atoms with Crippen molar-refractivity contribution in [2.24, 2.45) is 0 Å². The normalized spacial score (nSPS) is 11.5. The predicted molar refractivity (Wildman–Crippen MR) is 104 cm³/mol. The first kappa shape index (κ1) is 18.6. The van der Waals surface area contributed by atoms with Gasteiger partial charge in [-0.1, -0.05) is 35.1 Å². The van der Waals surface area contributed by atoms with Crippen molar-refractivity contribution in [1.29, 1.82) is 0 Å². The maximum absolute atomic E-state index is 12.2. The van der Waals surface area contributed by atoms with Gasteiger partial charge in [0.25, 0.3) is 0 Å². The van der Waals surface area contributed by atoms with Crippen LogP contribution in [0.1, 0.15) is 12.0 Å². The minimum Gasteiger partial charge on any atom is -0.273 e. The zero-order valence-corrected chi connectivity index (χ0v) is 16.2. The van der Waals surface area contributed by atoms with Crippen molar-refractivity contribution in [2.75, 3.05) is 11.2 Å². The highest BCUT2D eigenvalue weighted by molar-refractivity contribution is 7.91. The Balaban J connectivity index is 1.56. The predicted octanol–water partition coefficient (Wildman–Crippen LogP) is 3.57. The Morgan fingerprint density at radius 3 is 2.62 bits per heavy atom. The van der Waals surface area contributed by atoms with Crippen LogP contribution in [-0.2, 0) is 14.6 Å². The number of halogens is 1. The minimum absolute atomic E-state index is 0.143. The van der Waals surface area contributed by atoms with Crippen LogP contribution in [-0.4, -0.2) is 25.1 Å². The standard InChI is InChI=1S/C17H16ClN3O3S2/c1-11-3-2-4-14-16(11)19-17(25-14)21-20-15(22)9-10-26(23,24)13-7-5-12(18)6-8-13/h2-8H,9-10H2,1H3,(H,19,21)(H,20,22). The van der Waals surface area contributed by atoms with Crippen LogP contribution in [0.5, 0.6) is 0 Å². The number of amides is 1. The molecular weight excluding hydrogens is 394 g/mol. The van der Waals surface area contributed by atoms with Gasteiger partial charge in [-0.3, -0.25) is 15.6 Å². The van der Waals surface area contributed by atoms with Crippen LogP contribution in [0, 0.1) is 6.92 Å². The van der Waals surface area contributed by atoms with Crippen LogP contribution < -0.4 is 10.9 Å². The highest BCUT2D eigenvalue weighted by Gasteiger charge is 2.16. The summed E-state index contributed by atoms with van der Waals surface area (Å²) in [6.45, 7) is 1.96. The molecule has 0 unspecified atom stereocenters. The molecule has 0 saturated heterocycles. The number of nitrogens with zero attached hydrogens (tertiary/aromatic N) is 1. The maximum Gasteiger partial charge on any atom is 0.239 e. The van der Waals surface area contributed by atoms with Gasteiger partial charge in [0.2, 0.25) is 11.0 Å². The summed E-state index contributed by atoms with van der Waals surface area (Å²) < 4.78 is 25.5. The number of hydrogen-bond acceptors (Lipinski definition) is 6. The number of anilines is 1. The van der Waals surface area contributed by atoms with Crippen LogP contribution in [0.3, 0.4) is 0 Å². The second-order valence-corrected chi connectivity index (χ2v) is 9.21. The molecule has 1 aromatic heterocycles. The van der Waals surface area contributed by atoms with Gasteiger partial charge >= 0.3 is 0 Å². The van der Waals surface area contributed by atoms with E-state index in [9.17, 15) is 13.2 Å². The van der Waals surface area contributed by atoms with Gasteiger partial charge < -0.3 is 0 Å². The van der Waals surface area contributed by atoms with Gasteiger partial charge in [-0.2, -0.15) is 0 Å². The molecule has 0 saturated carbocycles. The monoisotopic (exact) mass is 409 g/mol. The molecular formula is C17H16ClN3O3S2. The third-order valence-electron chi connectivity index (χ3n) is 3.70. The van der Waals surface area contributed by atoms with Gasteiger partial charge in [0, 0.05) is 11.4 Å². The van der Waals surface area contributed by atoms with Gasteiger partial charge in [-0.05, 0) is 42.8 Å². The third kappa shape index (κ3) is 4.32. The summed E-state index contributed by atoms with van der Waals surface area (Å²) >= 11 is 7.16. The molecule has 0 radical (unpaired) electrons. The molecule has 9 heteroatoms. The summed E-state index contributed by atoms with van der Waals surface area (Å²) in [7, 11) is -3.54. The topological polar surface area (TPSA) is 88.2 Å². The quantitative estimate of drug-likeness (QED) is 0.607. The first-order valence-electron chi connectivity index (χ1n) is 7.74. The molecule has 6 nitrogen and oxygen atoms in total. The summed E-state index contributed by atoms with van der Waals surface area (Å²) in [5, 5.41) is 1.00. The molecule has 0 spiro atoms. The molecule has 0 aliphatic rings. The molecule has 0 bridgehead atoms. The van der Waals surface area contributed by atoms with Gasteiger partial charge in [0.15, 0.2) is 9.84 Å². The van der Waals surface area contributed by atoms with Gasteiger partial charge in [-0.15, -0.1) is 0 Å². The fourth-order valence-corrected chi connectivity index (χ4v) is 4.58. The molecule has 136 valence electrons. The number of nitrogens with one attached hydrogen (secondary N) is 2. The Morgan fingerprint density at radius 2 is 1.92 bits per heavy atom. The van der Waals surface area contributed by atoms with Crippen LogP contribution >= 0.6 is 22.9 Å². The summed E-state index contributed by atoms with van der Waals surface area (Å²) in [5.41, 5.74) is 7.15. The lowest BCUT2D eigenvalue weighted by Crippen LogP contribution is -2.30. The summed E-state index contributed by atoms with van der Waals surface area (Å²) in [4.78, 5) is 16.5. The lowest BCUT2D eigenvalue weighted by atomic mass is 10.2. The Hall–Kier alpha value is -2.16. The number of carbonyl (C=O) groups excluding carboxylic acids is 1. The molecule has 2 aromatic carbocycles. The lowest BCUT2D eigenvalue weighted by molar-refractivity contribution is -0.120. The van der Waals surface area contributed by atoms with Crippen LogP contribution in [0.25, 0.3) is 10.2 Å². The average Bonchev–Trinajstić information content (AvgIpc) is 3.03. The second kappa shape index (κ2) is 7.61.